The maximum atomic E-state index is 11.5. The van der Waals surface area contributed by atoms with Crippen molar-refractivity contribution < 1.29 is 36.2 Å². The van der Waals surface area contributed by atoms with Gasteiger partial charge < -0.3 is 15.1 Å². The molecule has 1 saturated heterocycles. The summed E-state index contributed by atoms with van der Waals surface area (Å²) in [5.74, 6) is -0.707. The summed E-state index contributed by atoms with van der Waals surface area (Å²) >= 11 is 0. The fourth-order valence-electron chi connectivity index (χ4n) is 4.28. The molecule has 0 amide bonds. The molecule has 10 nitrogen and oxygen atoms in total. The van der Waals surface area contributed by atoms with Crippen LogP contribution in [-0.4, -0.2) is 79.2 Å². The van der Waals surface area contributed by atoms with Gasteiger partial charge in [-0.25, -0.2) is 0 Å². The Labute approximate surface area is 229 Å². The van der Waals surface area contributed by atoms with Crippen LogP contribution in [0.15, 0.2) is 64.4 Å². The molecule has 1 fully saturated rings. The number of likely N-dealkylation sites (N-methyl/N-ethyl adjacent to an activating group) is 1. The highest BCUT2D eigenvalue weighted by Crippen LogP contribution is 2.31. The lowest BCUT2D eigenvalue weighted by atomic mass is 10.0. The van der Waals surface area contributed by atoms with Crippen LogP contribution in [0.4, 0.5) is 0 Å². The molecule has 3 aromatic carbocycles. The van der Waals surface area contributed by atoms with Gasteiger partial charge >= 0.3 is 0 Å². The Hall–Kier alpha value is -3.00. The summed E-state index contributed by atoms with van der Waals surface area (Å²) in [4.78, 5) is 3.75. The van der Waals surface area contributed by atoms with Crippen LogP contribution in [0.1, 0.15) is 27.8 Å². The first kappa shape index (κ1) is 30.5. The van der Waals surface area contributed by atoms with Crippen molar-refractivity contribution >= 4 is 20.2 Å². The second-order valence-electron chi connectivity index (χ2n) is 9.68. The van der Waals surface area contributed by atoms with Crippen LogP contribution in [-0.2, 0) is 33.2 Å². The molecule has 0 atom stereocenters. The quantitative estimate of drug-likeness (QED) is 0.320. The van der Waals surface area contributed by atoms with E-state index in [9.17, 15) is 36.2 Å². The highest BCUT2D eigenvalue weighted by Gasteiger charge is 2.23. The average Bonchev–Trinajstić information content (AvgIpc) is 2.84. The van der Waals surface area contributed by atoms with Crippen LogP contribution in [0.3, 0.4) is 0 Å². The number of phenolic OH excluding ortho intramolecular Hbond substituents is 2. The summed E-state index contributed by atoms with van der Waals surface area (Å²) in [7, 11) is -7.17. The van der Waals surface area contributed by atoms with Crippen LogP contribution >= 0.6 is 0 Å². The molecule has 12 heteroatoms. The topological polar surface area (TPSA) is 156 Å². The fourth-order valence-corrected chi connectivity index (χ4v) is 5.73. The molecular weight excluding hydrogens is 544 g/mol. The van der Waals surface area contributed by atoms with Crippen molar-refractivity contribution in [1.29, 1.82) is 0 Å². The van der Waals surface area contributed by atoms with Crippen molar-refractivity contribution in [2.45, 2.75) is 36.6 Å². The molecule has 1 heterocycles. The summed E-state index contributed by atoms with van der Waals surface area (Å²) in [5.41, 5.74) is 2.09. The second-order valence-corrected chi connectivity index (χ2v) is 12.5. The zero-order chi connectivity index (χ0) is 29.0. The number of piperazine rings is 1. The van der Waals surface area contributed by atoms with Gasteiger partial charge in [0.15, 0.2) is 0 Å². The lowest BCUT2D eigenvalue weighted by Gasteiger charge is -2.32. The predicted molar refractivity (Wildman–Crippen MR) is 147 cm³/mol. The molecule has 1 aliphatic rings. The minimum absolute atomic E-state index is 0.0211. The number of benzene rings is 3. The molecule has 39 heavy (non-hydrogen) atoms. The van der Waals surface area contributed by atoms with Crippen LogP contribution < -0.4 is 0 Å². The zero-order valence-corrected chi connectivity index (χ0v) is 23.7. The lowest BCUT2D eigenvalue weighted by molar-refractivity contribution is 0.148. The minimum atomic E-state index is -4.68. The first-order valence-corrected chi connectivity index (χ1v) is 15.1. The number of hydrogen-bond acceptors (Lipinski definition) is 8. The molecule has 1 aliphatic heterocycles. The van der Waals surface area contributed by atoms with E-state index in [1.807, 2.05) is 0 Å². The number of aryl methyl sites for hydroxylation is 2. The minimum Gasteiger partial charge on any atom is -0.508 e. The van der Waals surface area contributed by atoms with Gasteiger partial charge in [0.1, 0.15) is 21.3 Å². The molecule has 0 unspecified atom stereocenters. The van der Waals surface area contributed by atoms with E-state index in [0.717, 1.165) is 18.7 Å². The van der Waals surface area contributed by atoms with Gasteiger partial charge in [-0.1, -0.05) is 42.5 Å². The number of rotatable bonds is 6. The standard InChI is InChI=1S/C15H16O8S2.C12H18N2/c1-8-3-10(14(6-12(8)16)24(18,19)20)5-11-4-9(2)13(17)7-15(11)25(21,22)23;1-13-7-9-14(10-8-13)11-12-5-3-2-4-6-12/h3-4,6-7,16-17H,5H2,1-2H3,(H,18,19,20)(H,21,22,23);2-6H,7-11H2,1H3. The molecule has 0 radical (unpaired) electrons. The van der Waals surface area contributed by atoms with Gasteiger partial charge in [-0.15, -0.1) is 0 Å². The van der Waals surface area contributed by atoms with Gasteiger partial charge in [-0.05, 0) is 48.7 Å². The molecule has 0 saturated carbocycles. The van der Waals surface area contributed by atoms with Gasteiger partial charge in [-0.2, -0.15) is 16.8 Å². The second kappa shape index (κ2) is 12.5. The molecule has 0 aromatic heterocycles. The Bertz CT molecular complexity index is 1430. The van der Waals surface area contributed by atoms with Gasteiger partial charge in [0.2, 0.25) is 0 Å². The highest BCUT2D eigenvalue weighted by molar-refractivity contribution is 7.86. The maximum absolute atomic E-state index is 11.5. The van der Waals surface area contributed by atoms with E-state index < -0.39 is 30.0 Å². The number of phenols is 2. The Kier molecular flexibility index (Phi) is 9.75. The monoisotopic (exact) mass is 578 g/mol. The number of aromatic hydroxyl groups is 2. The van der Waals surface area contributed by atoms with Crippen molar-refractivity contribution in [3.05, 3.63) is 82.4 Å². The van der Waals surface area contributed by atoms with E-state index >= 15 is 0 Å². The van der Waals surface area contributed by atoms with Crippen molar-refractivity contribution in [1.82, 2.24) is 9.80 Å². The first-order valence-electron chi connectivity index (χ1n) is 12.2. The van der Waals surface area contributed by atoms with E-state index in [4.69, 9.17) is 0 Å². The highest BCUT2D eigenvalue weighted by atomic mass is 32.2. The maximum Gasteiger partial charge on any atom is 0.294 e. The third-order valence-corrected chi connectivity index (χ3v) is 8.41. The van der Waals surface area contributed by atoms with E-state index in [1.54, 1.807) is 0 Å². The van der Waals surface area contributed by atoms with Gasteiger partial charge in [0.05, 0.1) is 0 Å². The Balaban J connectivity index is 0.000000252. The first-order chi connectivity index (χ1) is 18.1. The fraction of sp³-hybridized carbons (Fsp3) is 0.333. The summed E-state index contributed by atoms with van der Waals surface area (Å²) in [6.07, 6.45) is -0.285. The number of nitrogens with zero attached hydrogens (tertiary/aromatic N) is 2. The summed E-state index contributed by atoms with van der Waals surface area (Å²) in [6.45, 7) is 8.90. The lowest BCUT2D eigenvalue weighted by Crippen LogP contribution is -2.43. The third kappa shape index (κ3) is 8.49. The molecule has 0 spiro atoms. The van der Waals surface area contributed by atoms with E-state index in [1.165, 1.54) is 57.7 Å². The summed E-state index contributed by atoms with van der Waals surface area (Å²) in [6, 6.07) is 15.0. The van der Waals surface area contributed by atoms with Gasteiger partial charge in [0, 0.05) is 51.3 Å². The van der Waals surface area contributed by atoms with E-state index in [0.29, 0.717) is 11.1 Å². The smallest absolute Gasteiger partial charge is 0.294 e. The Morgan fingerprint density at radius 1 is 0.718 bits per heavy atom. The van der Waals surface area contributed by atoms with Crippen molar-refractivity contribution in [2.24, 2.45) is 0 Å². The van der Waals surface area contributed by atoms with E-state index in [-0.39, 0.29) is 29.0 Å². The van der Waals surface area contributed by atoms with Crippen LogP contribution in [0.2, 0.25) is 0 Å². The summed E-state index contributed by atoms with van der Waals surface area (Å²) in [5, 5.41) is 19.3. The molecular formula is C27H34N2O8S2. The SMILES string of the molecule is CN1CCN(Cc2ccccc2)CC1.Cc1cc(Cc2cc(C)c(O)cc2S(=O)(=O)O)c(S(=O)(=O)O)cc1O. The predicted octanol–water partition coefficient (Wildman–Crippen LogP) is 3.23. The molecule has 4 rings (SSSR count). The van der Waals surface area contributed by atoms with Gasteiger partial charge in [0.25, 0.3) is 20.2 Å². The number of hydrogen-bond donors (Lipinski definition) is 4. The largest absolute Gasteiger partial charge is 0.508 e. The Morgan fingerprint density at radius 3 is 1.56 bits per heavy atom. The van der Waals surface area contributed by atoms with Crippen LogP contribution in [0.5, 0.6) is 11.5 Å². The molecule has 0 aliphatic carbocycles. The summed E-state index contributed by atoms with van der Waals surface area (Å²) < 4.78 is 64.9. The van der Waals surface area contributed by atoms with Crippen LogP contribution in [0, 0.1) is 13.8 Å². The normalized spacial score (nSPS) is 15.0. The van der Waals surface area contributed by atoms with E-state index in [2.05, 4.69) is 47.2 Å². The van der Waals surface area contributed by atoms with Crippen molar-refractivity contribution in [3.63, 3.8) is 0 Å². The van der Waals surface area contributed by atoms with Crippen molar-refractivity contribution in [3.8, 4) is 11.5 Å². The molecule has 3 aromatic rings. The third-order valence-electron chi connectivity index (χ3n) is 6.54. The zero-order valence-electron chi connectivity index (χ0n) is 22.1. The molecule has 0 bridgehead atoms. The van der Waals surface area contributed by atoms with Crippen LogP contribution in [0.25, 0.3) is 0 Å². The average molecular weight is 579 g/mol. The van der Waals surface area contributed by atoms with Crippen molar-refractivity contribution in [2.75, 3.05) is 33.2 Å². The molecule has 4 N–H and O–H groups in total. The molecule has 212 valence electrons. The van der Waals surface area contributed by atoms with Gasteiger partial charge in [-0.3, -0.25) is 14.0 Å². The Morgan fingerprint density at radius 2 is 1.15 bits per heavy atom.